The number of nitrogens with one attached hydrogen (secondary N) is 1. The smallest absolute Gasteiger partial charge is 0.293 e. The number of carbonyl (C=O) groups excluding carboxylic acids is 1. The first-order chi connectivity index (χ1) is 13.8. The number of hydrogen-bond acceptors (Lipinski definition) is 3. The summed E-state index contributed by atoms with van der Waals surface area (Å²) >= 11 is 6.11. The summed E-state index contributed by atoms with van der Waals surface area (Å²) in [6, 6.07) is 13.0. The Morgan fingerprint density at radius 3 is 2.62 bits per heavy atom. The Morgan fingerprint density at radius 2 is 1.93 bits per heavy atom. The van der Waals surface area contributed by atoms with Crippen molar-refractivity contribution in [3.63, 3.8) is 0 Å². The van der Waals surface area contributed by atoms with E-state index in [-0.39, 0.29) is 12.1 Å². The highest BCUT2D eigenvalue weighted by Crippen LogP contribution is 2.24. The Balaban J connectivity index is 1.89. The largest absolute Gasteiger partial charge is 0.502 e. The minimum Gasteiger partial charge on any atom is -0.502 e. The van der Waals surface area contributed by atoms with Crippen LogP contribution in [0.3, 0.4) is 0 Å². The molecule has 1 amide bonds. The second-order valence-corrected chi connectivity index (χ2v) is 7.18. The summed E-state index contributed by atoms with van der Waals surface area (Å²) in [6.07, 6.45) is 0.493. The third kappa shape index (κ3) is 4.49. The SMILES string of the molecule is Cc1cc(F)cc(-c2cc(C(=O)NCCc3ccccc3Cl)c(O)c(=O)n2C)c1. The minimum atomic E-state index is -0.735. The summed E-state index contributed by atoms with van der Waals surface area (Å²) in [6.45, 7) is 2.00. The van der Waals surface area contributed by atoms with Crippen LogP contribution >= 0.6 is 11.6 Å². The summed E-state index contributed by atoms with van der Waals surface area (Å²) in [7, 11) is 1.46. The predicted octanol–water partition coefficient (Wildman–Crippen LogP) is 3.83. The standard InChI is InChI=1S/C22H20ClFN2O3/c1-13-9-15(11-16(24)10-13)19-12-17(20(27)22(29)26(19)2)21(28)25-8-7-14-5-3-4-6-18(14)23/h3-6,9-12,27H,7-8H2,1-2H3,(H,25,28). The van der Waals surface area contributed by atoms with Gasteiger partial charge in [0.15, 0.2) is 5.75 Å². The summed E-state index contributed by atoms with van der Waals surface area (Å²) in [4.78, 5) is 25.0. The molecule has 0 unspecified atom stereocenters. The molecule has 0 aliphatic carbocycles. The lowest BCUT2D eigenvalue weighted by molar-refractivity contribution is 0.0951. The van der Waals surface area contributed by atoms with Crippen molar-refractivity contribution in [3.8, 4) is 17.0 Å². The number of aromatic nitrogens is 1. The molecule has 0 spiro atoms. The zero-order valence-electron chi connectivity index (χ0n) is 16.0. The van der Waals surface area contributed by atoms with Crippen LogP contribution in [-0.2, 0) is 13.5 Å². The third-order valence-corrected chi connectivity index (χ3v) is 4.99. The molecule has 1 aromatic heterocycles. The quantitative estimate of drug-likeness (QED) is 0.666. The lowest BCUT2D eigenvalue weighted by Crippen LogP contribution is -2.29. The maximum Gasteiger partial charge on any atom is 0.293 e. The van der Waals surface area contributed by atoms with Gasteiger partial charge < -0.3 is 15.0 Å². The Hall–Kier alpha value is -3.12. The van der Waals surface area contributed by atoms with Gasteiger partial charge in [-0.3, -0.25) is 9.59 Å². The Kier molecular flexibility index (Phi) is 6.03. The van der Waals surface area contributed by atoms with Crippen molar-refractivity contribution in [2.24, 2.45) is 7.05 Å². The molecule has 0 aliphatic heterocycles. The van der Waals surface area contributed by atoms with E-state index in [1.165, 1.54) is 29.8 Å². The normalized spacial score (nSPS) is 10.8. The first-order valence-electron chi connectivity index (χ1n) is 9.00. The zero-order valence-corrected chi connectivity index (χ0v) is 16.8. The molecule has 0 fully saturated rings. The van der Waals surface area contributed by atoms with Gasteiger partial charge in [-0.25, -0.2) is 4.39 Å². The van der Waals surface area contributed by atoms with Crippen LogP contribution in [0.2, 0.25) is 5.02 Å². The molecule has 1 heterocycles. The molecule has 0 radical (unpaired) electrons. The first kappa shape index (κ1) is 20.6. The van der Waals surface area contributed by atoms with E-state index in [4.69, 9.17) is 11.6 Å². The van der Waals surface area contributed by atoms with E-state index in [1.54, 1.807) is 19.1 Å². The molecular weight excluding hydrogens is 395 g/mol. The summed E-state index contributed by atoms with van der Waals surface area (Å²) in [5.74, 6) is -1.70. The molecule has 2 aromatic carbocycles. The maximum atomic E-state index is 13.8. The summed E-state index contributed by atoms with van der Waals surface area (Å²) in [5, 5.41) is 13.5. The van der Waals surface area contributed by atoms with Gasteiger partial charge in [0.05, 0.1) is 11.3 Å². The molecule has 5 nitrogen and oxygen atoms in total. The fourth-order valence-electron chi connectivity index (χ4n) is 3.13. The van der Waals surface area contributed by atoms with Gasteiger partial charge in [0.2, 0.25) is 0 Å². The number of hydrogen-bond donors (Lipinski definition) is 2. The number of benzene rings is 2. The van der Waals surface area contributed by atoms with Gasteiger partial charge in [-0.2, -0.15) is 0 Å². The highest BCUT2D eigenvalue weighted by molar-refractivity contribution is 6.31. The van der Waals surface area contributed by atoms with E-state index in [1.807, 2.05) is 18.2 Å². The van der Waals surface area contributed by atoms with Gasteiger partial charge in [0, 0.05) is 24.2 Å². The van der Waals surface area contributed by atoms with E-state index in [2.05, 4.69) is 5.32 Å². The van der Waals surface area contributed by atoms with Crippen LogP contribution in [0.5, 0.6) is 5.75 Å². The number of amides is 1. The monoisotopic (exact) mass is 414 g/mol. The van der Waals surface area contributed by atoms with Gasteiger partial charge >= 0.3 is 0 Å². The zero-order chi connectivity index (χ0) is 21.1. The fourth-order valence-corrected chi connectivity index (χ4v) is 3.36. The van der Waals surface area contributed by atoms with Gasteiger partial charge in [-0.15, -0.1) is 0 Å². The third-order valence-electron chi connectivity index (χ3n) is 4.62. The topological polar surface area (TPSA) is 71.3 Å². The molecule has 150 valence electrons. The lowest BCUT2D eigenvalue weighted by Gasteiger charge is -2.14. The molecule has 0 saturated heterocycles. The van der Waals surface area contributed by atoms with E-state index >= 15 is 0 Å². The number of halogens is 2. The molecule has 0 atom stereocenters. The van der Waals surface area contributed by atoms with Gasteiger partial charge in [-0.1, -0.05) is 29.8 Å². The van der Waals surface area contributed by atoms with E-state index in [0.717, 1.165) is 5.56 Å². The van der Waals surface area contributed by atoms with Crippen molar-refractivity contribution in [1.82, 2.24) is 9.88 Å². The molecule has 0 bridgehead atoms. The van der Waals surface area contributed by atoms with E-state index < -0.39 is 23.0 Å². The van der Waals surface area contributed by atoms with Crippen LogP contribution in [0.1, 0.15) is 21.5 Å². The van der Waals surface area contributed by atoms with Crippen molar-refractivity contribution >= 4 is 17.5 Å². The average molecular weight is 415 g/mol. The number of carbonyl (C=O) groups is 1. The second-order valence-electron chi connectivity index (χ2n) is 6.77. The van der Waals surface area contributed by atoms with Crippen molar-refractivity contribution in [3.05, 3.63) is 86.4 Å². The summed E-state index contributed by atoms with van der Waals surface area (Å²) < 4.78 is 15.0. The van der Waals surface area contributed by atoms with Crippen molar-refractivity contribution in [2.45, 2.75) is 13.3 Å². The predicted molar refractivity (Wildman–Crippen MR) is 111 cm³/mol. The van der Waals surface area contributed by atoms with Crippen molar-refractivity contribution in [1.29, 1.82) is 0 Å². The molecule has 3 rings (SSSR count). The number of pyridine rings is 1. The van der Waals surface area contributed by atoms with E-state index in [9.17, 15) is 19.1 Å². The highest BCUT2D eigenvalue weighted by Gasteiger charge is 2.19. The lowest BCUT2D eigenvalue weighted by atomic mass is 10.0. The van der Waals surface area contributed by atoms with Gasteiger partial charge in [-0.05, 0) is 54.8 Å². The van der Waals surface area contributed by atoms with Crippen LogP contribution in [-0.4, -0.2) is 22.1 Å². The Labute approximate surface area is 172 Å². The number of rotatable bonds is 5. The number of aromatic hydroxyl groups is 1. The second kappa shape index (κ2) is 8.49. The fraction of sp³-hybridized carbons (Fsp3) is 0.182. The molecule has 7 heteroatoms. The van der Waals surface area contributed by atoms with Gasteiger partial charge in [0.1, 0.15) is 5.82 Å². The number of aryl methyl sites for hydroxylation is 1. The molecule has 29 heavy (non-hydrogen) atoms. The average Bonchev–Trinajstić information content (AvgIpc) is 2.67. The first-order valence-corrected chi connectivity index (χ1v) is 9.38. The van der Waals surface area contributed by atoms with Crippen molar-refractivity contribution < 1.29 is 14.3 Å². The number of nitrogens with zero attached hydrogens (tertiary/aromatic N) is 1. The Bertz CT molecular complexity index is 1120. The highest BCUT2D eigenvalue weighted by atomic mass is 35.5. The molecule has 2 N–H and O–H groups in total. The van der Waals surface area contributed by atoms with Crippen LogP contribution in [0.4, 0.5) is 4.39 Å². The minimum absolute atomic E-state index is 0.163. The Morgan fingerprint density at radius 1 is 1.21 bits per heavy atom. The molecule has 0 saturated carbocycles. The van der Waals surface area contributed by atoms with Crippen LogP contribution in [0.25, 0.3) is 11.3 Å². The molecular formula is C22H20ClFN2O3. The summed E-state index contributed by atoms with van der Waals surface area (Å²) in [5.41, 5.74) is 1.41. The van der Waals surface area contributed by atoms with Crippen molar-refractivity contribution in [2.75, 3.05) is 6.54 Å². The van der Waals surface area contributed by atoms with Crippen LogP contribution in [0, 0.1) is 12.7 Å². The van der Waals surface area contributed by atoms with Crippen LogP contribution < -0.4 is 10.9 Å². The van der Waals surface area contributed by atoms with Gasteiger partial charge in [0.25, 0.3) is 11.5 Å². The maximum absolute atomic E-state index is 13.8. The van der Waals surface area contributed by atoms with Crippen LogP contribution in [0.15, 0.2) is 53.3 Å². The molecule has 0 aliphatic rings. The molecule has 3 aromatic rings. The van der Waals surface area contributed by atoms with E-state index in [0.29, 0.717) is 28.3 Å².